The zero-order valence-electron chi connectivity index (χ0n) is 8.38. The molecule has 2 aromatic heterocycles. The smallest absolute Gasteiger partial charge is 0.154 e. The lowest BCUT2D eigenvalue weighted by Crippen LogP contribution is -1.80. The summed E-state index contributed by atoms with van der Waals surface area (Å²) >= 11 is 1.43. The molecule has 80 valence electrons. The summed E-state index contributed by atoms with van der Waals surface area (Å²) in [7, 11) is 0. The second-order valence-electron chi connectivity index (χ2n) is 3.43. The predicted molar refractivity (Wildman–Crippen MR) is 63.2 cm³/mol. The molecular formula is C12H9NO2S. The van der Waals surface area contributed by atoms with Crippen LogP contribution in [0, 0.1) is 0 Å². The average Bonchev–Trinajstić information content (AvgIpc) is 2.95. The highest BCUT2D eigenvalue weighted by atomic mass is 32.1. The Bertz CT molecular complexity index is 594. The summed E-state index contributed by atoms with van der Waals surface area (Å²) in [5.41, 5.74) is 1.64. The fourth-order valence-corrected chi connectivity index (χ4v) is 2.25. The van der Waals surface area contributed by atoms with Crippen LogP contribution in [-0.2, 0) is 6.61 Å². The minimum absolute atomic E-state index is 0.0229. The summed E-state index contributed by atoms with van der Waals surface area (Å²) in [4.78, 5) is 4.27. The highest BCUT2D eigenvalue weighted by Gasteiger charge is 2.09. The maximum atomic E-state index is 8.95. The van der Waals surface area contributed by atoms with E-state index in [0.717, 1.165) is 22.4 Å². The first kappa shape index (κ1) is 9.57. The van der Waals surface area contributed by atoms with Crippen LogP contribution in [0.1, 0.15) is 5.01 Å². The topological polar surface area (TPSA) is 46.3 Å². The van der Waals surface area contributed by atoms with Crippen molar-refractivity contribution >= 4 is 22.3 Å². The summed E-state index contributed by atoms with van der Waals surface area (Å²) in [5.74, 6) is 0.747. The predicted octanol–water partition coefficient (Wildman–Crippen LogP) is 3.05. The monoisotopic (exact) mass is 231 g/mol. The minimum Gasteiger partial charge on any atom is -0.454 e. The van der Waals surface area contributed by atoms with Crippen LogP contribution in [0.2, 0.25) is 0 Å². The molecule has 0 fully saturated rings. The van der Waals surface area contributed by atoms with Crippen LogP contribution < -0.4 is 0 Å². The third kappa shape index (κ3) is 1.52. The lowest BCUT2D eigenvalue weighted by molar-refractivity contribution is 0.281. The van der Waals surface area contributed by atoms with Crippen molar-refractivity contribution in [3.63, 3.8) is 0 Å². The number of aromatic nitrogens is 1. The number of aliphatic hydroxyl groups is 1. The minimum atomic E-state index is -0.0229. The lowest BCUT2D eigenvalue weighted by Gasteiger charge is -1.87. The van der Waals surface area contributed by atoms with Crippen LogP contribution in [-0.4, -0.2) is 10.1 Å². The molecule has 16 heavy (non-hydrogen) atoms. The lowest BCUT2D eigenvalue weighted by atomic mass is 10.2. The van der Waals surface area contributed by atoms with Crippen molar-refractivity contribution in [2.75, 3.05) is 0 Å². The molecule has 3 rings (SSSR count). The Labute approximate surface area is 96.0 Å². The third-order valence-electron chi connectivity index (χ3n) is 2.36. The standard InChI is InChI=1S/C12H9NO2S/c14-6-12-13-9(7-16-12)11-5-8-3-1-2-4-10(8)15-11/h1-5,7,14H,6H2. The van der Waals surface area contributed by atoms with Crippen LogP contribution in [0.3, 0.4) is 0 Å². The zero-order valence-corrected chi connectivity index (χ0v) is 9.20. The Hall–Kier alpha value is -1.65. The van der Waals surface area contributed by atoms with Gasteiger partial charge in [-0.3, -0.25) is 0 Å². The molecule has 0 bridgehead atoms. The van der Waals surface area contributed by atoms with Crippen molar-refractivity contribution in [1.82, 2.24) is 4.98 Å². The van der Waals surface area contributed by atoms with Gasteiger partial charge in [0, 0.05) is 10.8 Å². The summed E-state index contributed by atoms with van der Waals surface area (Å²) in [6, 6.07) is 9.81. The number of fused-ring (bicyclic) bond motifs is 1. The van der Waals surface area contributed by atoms with Gasteiger partial charge in [-0.15, -0.1) is 11.3 Å². The van der Waals surface area contributed by atoms with Gasteiger partial charge in [0.15, 0.2) is 5.76 Å². The van der Waals surface area contributed by atoms with Crippen LogP contribution in [0.25, 0.3) is 22.4 Å². The molecule has 0 aliphatic rings. The molecule has 0 radical (unpaired) electrons. The van der Waals surface area contributed by atoms with Crippen LogP contribution in [0.4, 0.5) is 0 Å². The van der Waals surface area contributed by atoms with Gasteiger partial charge < -0.3 is 9.52 Å². The average molecular weight is 231 g/mol. The Kier molecular flexibility index (Phi) is 2.23. The molecule has 3 aromatic rings. The van der Waals surface area contributed by atoms with E-state index in [1.807, 2.05) is 35.7 Å². The number of furan rings is 1. The molecule has 3 nitrogen and oxygen atoms in total. The zero-order chi connectivity index (χ0) is 11.0. The van der Waals surface area contributed by atoms with Gasteiger partial charge >= 0.3 is 0 Å². The van der Waals surface area contributed by atoms with E-state index in [9.17, 15) is 0 Å². The number of hydrogen-bond acceptors (Lipinski definition) is 4. The van der Waals surface area contributed by atoms with E-state index in [0.29, 0.717) is 5.01 Å². The number of benzene rings is 1. The number of nitrogens with zero attached hydrogens (tertiary/aromatic N) is 1. The number of rotatable bonds is 2. The summed E-state index contributed by atoms with van der Waals surface area (Å²) in [5, 5.41) is 12.6. The molecule has 0 unspecified atom stereocenters. The summed E-state index contributed by atoms with van der Waals surface area (Å²) < 4.78 is 5.67. The van der Waals surface area contributed by atoms with Gasteiger partial charge in [0.25, 0.3) is 0 Å². The van der Waals surface area contributed by atoms with E-state index in [2.05, 4.69) is 4.98 Å². The Morgan fingerprint density at radius 2 is 2.19 bits per heavy atom. The van der Waals surface area contributed by atoms with Crippen molar-refractivity contribution in [1.29, 1.82) is 0 Å². The molecule has 1 N–H and O–H groups in total. The highest BCUT2D eigenvalue weighted by molar-refractivity contribution is 7.09. The van der Waals surface area contributed by atoms with Crippen molar-refractivity contribution in [3.8, 4) is 11.5 Å². The van der Waals surface area contributed by atoms with Crippen molar-refractivity contribution in [2.45, 2.75) is 6.61 Å². The SMILES string of the molecule is OCc1nc(-c2cc3ccccc3o2)cs1. The molecule has 1 aromatic carbocycles. The molecule has 0 spiro atoms. The number of thiazole rings is 1. The van der Waals surface area contributed by atoms with E-state index < -0.39 is 0 Å². The van der Waals surface area contributed by atoms with Gasteiger partial charge in [-0.2, -0.15) is 0 Å². The number of hydrogen-bond donors (Lipinski definition) is 1. The second-order valence-corrected chi connectivity index (χ2v) is 4.38. The molecule has 2 heterocycles. The van der Waals surface area contributed by atoms with Crippen LogP contribution in [0.15, 0.2) is 40.1 Å². The Morgan fingerprint density at radius 3 is 2.94 bits per heavy atom. The van der Waals surface area contributed by atoms with Gasteiger partial charge in [-0.1, -0.05) is 18.2 Å². The molecule has 4 heteroatoms. The van der Waals surface area contributed by atoms with Crippen LogP contribution in [0.5, 0.6) is 0 Å². The summed E-state index contributed by atoms with van der Waals surface area (Å²) in [6.07, 6.45) is 0. The largest absolute Gasteiger partial charge is 0.454 e. The fraction of sp³-hybridized carbons (Fsp3) is 0.0833. The molecule has 0 saturated heterocycles. The maximum absolute atomic E-state index is 8.95. The van der Waals surface area contributed by atoms with E-state index in [1.165, 1.54) is 11.3 Å². The molecule has 0 aliphatic carbocycles. The highest BCUT2D eigenvalue weighted by Crippen LogP contribution is 2.28. The van der Waals surface area contributed by atoms with Crippen molar-refractivity contribution in [2.24, 2.45) is 0 Å². The maximum Gasteiger partial charge on any atom is 0.154 e. The first-order chi connectivity index (χ1) is 7.86. The molecular weight excluding hydrogens is 222 g/mol. The van der Waals surface area contributed by atoms with Crippen LogP contribution >= 0.6 is 11.3 Å². The van der Waals surface area contributed by atoms with E-state index in [-0.39, 0.29) is 6.61 Å². The van der Waals surface area contributed by atoms with Gasteiger partial charge in [0.05, 0.1) is 6.61 Å². The number of para-hydroxylation sites is 1. The third-order valence-corrected chi connectivity index (χ3v) is 3.20. The first-order valence-electron chi connectivity index (χ1n) is 4.91. The molecule has 0 saturated carbocycles. The van der Waals surface area contributed by atoms with Gasteiger partial charge in [0.1, 0.15) is 16.3 Å². The quantitative estimate of drug-likeness (QED) is 0.737. The Morgan fingerprint density at radius 1 is 1.31 bits per heavy atom. The van der Waals surface area contributed by atoms with E-state index in [4.69, 9.17) is 9.52 Å². The Balaban J connectivity index is 2.11. The summed E-state index contributed by atoms with van der Waals surface area (Å²) in [6.45, 7) is -0.0229. The molecule has 0 aliphatic heterocycles. The molecule has 0 atom stereocenters. The van der Waals surface area contributed by atoms with E-state index in [1.54, 1.807) is 0 Å². The van der Waals surface area contributed by atoms with Gasteiger partial charge in [-0.25, -0.2) is 4.98 Å². The normalized spacial score (nSPS) is 11.1. The first-order valence-corrected chi connectivity index (χ1v) is 5.79. The van der Waals surface area contributed by atoms with Gasteiger partial charge in [0.2, 0.25) is 0 Å². The van der Waals surface area contributed by atoms with Crippen molar-refractivity contribution < 1.29 is 9.52 Å². The number of aliphatic hydroxyl groups excluding tert-OH is 1. The van der Waals surface area contributed by atoms with Gasteiger partial charge in [-0.05, 0) is 12.1 Å². The fourth-order valence-electron chi connectivity index (χ4n) is 1.60. The van der Waals surface area contributed by atoms with E-state index >= 15 is 0 Å². The second kappa shape index (κ2) is 3.73. The van der Waals surface area contributed by atoms with Crippen molar-refractivity contribution in [3.05, 3.63) is 40.7 Å². The molecule has 0 amide bonds.